The van der Waals surface area contributed by atoms with Crippen LogP contribution in [-0.4, -0.2) is 16.1 Å². The molecule has 0 aliphatic carbocycles. The summed E-state index contributed by atoms with van der Waals surface area (Å²) in [4.78, 5) is 14.7. The lowest BCUT2D eigenvalue weighted by molar-refractivity contribution is 0.0692. The van der Waals surface area contributed by atoms with Crippen LogP contribution in [0.5, 0.6) is 0 Å². The molecule has 4 nitrogen and oxygen atoms in total. The van der Waals surface area contributed by atoms with Crippen LogP contribution >= 0.6 is 11.3 Å². The van der Waals surface area contributed by atoms with Gasteiger partial charge in [-0.2, -0.15) is 0 Å². The van der Waals surface area contributed by atoms with Gasteiger partial charge in [-0.15, -0.1) is 11.3 Å². The zero-order valence-electron chi connectivity index (χ0n) is 10.0. The van der Waals surface area contributed by atoms with Crippen LogP contribution < -0.4 is 5.32 Å². The lowest BCUT2D eigenvalue weighted by atomic mass is 10.1. The highest BCUT2D eigenvalue weighted by Gasteiger charge is 2.13. The van der Waals surface area contributed by atoms with Crippen molar-refractivity contribution < 1.29 is 9.90 Å². The molecular weight excluding hydrogens is 248 g/mol. The number of nitrogens with one attached hydrogen (secondary N) is 1. The molecule has 18 heavy (non-hydrogen) atoms. The Morgan fingerprint density at radius 1 is 1.39 bits per heavy atom. The minimum absolute atomic E-state index is 0.0673. The number of aromatic carboxylic acids is 1. The van der Waals surface area contributed by atoms with Crippen LogP contribution in [0.1, 0.15) is 29.4 Å². The van der Waals surface area contributed by atoms with E-state index in [2.05, 4.69) is 17.2 Å². The first-order chi connectivity index (χ1) is 8.70. The van der Waals surface area contributed by atoms with Gasteiger partial charge < -0.3 is 10.4 Å². The molecule has 1 aromatic heterocycles. The third-order valence-electron chi connectivity index (χ3n) is 2.52. The van der Waals surface area contributed by atoms with Crippen LogP contribution in [0.15, 0.2) is 29.8 Å². The number of aryl methyl sites for hydroxylation is 1. The predicted molar refractivity (Wildman–Crippen MR) is 72.8 cm³/mol. The summed E-state index contributed by atoms with van der Waals surface area (Å²) in [5, 5.41) is 12.6. The van der Waals surface area contributed by atoms with Gasteiger partial charge in [0.2, 0.25) is 0 Å². The Morgan fingerprint density at radius 3 is 2.72 bits per heavy atom. The van der Waals surface area contributed by atoms with Crippen molar-refractivity contribution in [2.75, 3.05) is 5.32 Å². The van der Waals surface area contributed by atoms with E-state index in [4.69, 9.17) is 5.11 Å². The molecule has 1 heterocycles. The highest BCUT2D eigenvalue weighted by Crippen LogP contribution is 2.25. The molecule has 0 saturated carbocycles. The maximum absolute atomic E-state index is 10.9. The number of carboxylic acids is 1. The van der Waals surface area contributed by atoms with E-state index in [1.165, 1.54) is 22.4 Å². The fraction of sp³-hybridized carbons (Fsp3) is 0.231. The molecule has 0 amide bonds. The lowest BCUT2D eigenvalue weighted by Gasteiger charge is -2.05. The number of nitrogens with zero attached hydrogens (tertiary/aromatic N) is 1. The van der Waals surface area contributed by atoms with Crippen molar-refractivity contribution in [3.63, 3.8) is 0 Å². The number of rotatable bonds is 5. The number of hydrogen-bond acceptors (Lipinski definition) is 4. The van der Waals surface area contributed by atoms with E-state index in [1.807, 2.05) is 24.3 Å². The first kappa shape index (κ1) is 12.6. The summed E-state index contributed by atoms with van der Waals surface area (Å²) < 4.78 is 0. The second kappa shape index (κ2) is 5.64. The molecule has 0 unspecified atom stereocenters. The summed E-state index contributed by atoms with van der Waals surface area (Å²) in [6, 6.07) is 8.01. The molecule has 0 saturated heterocycles. The molecule has 5 heteroatoms. The van der Waals surface area contributed by atoms with Gasteiger partial charge in [0.05, 0.1) is 5.51 Å². The first-order valence-electron chi connectivity index (χ1n) is 5.73. The summed E-state index contributed by atoms with van der Waals surface area (Å²) in [5.41, 5.74) is 3.75. The van der Waals surface area contributed by atoms with Gasteiger partial charge in [-0.3, -0.25) is 0 Å². The number of thiazole rings is 1. The van der Waals surface area contributed by atoms with Crippen molar-refractivity contribution >= 4 is 28.0 Å². The highest BCUT2D eigenvalue weighted by atomic mass is 32.1. The Kier molecular flexibility index (Phi) is 3.94. The molecule has 0 aliphatic heterocycles. The second-order valence-electron chi connectivity index (χ2n) is 3.91. The van der Waals surface area contributed by atoms with Crippen LogP contribution in [0.4, 0.5) is 10.7 Å². The summed E-state index contributed by atoms with van der Waals surface area (Å²) in [6.45, 7) is 2.14. The number of hydrogen-bond donors (Lipinski definition) is 2. The van der Waals surface area contributed by atoms with Gasteiger partial charge in [0.15, 0.2) is 5.69 Å². The largest absolute Gasteiger partial charge is 0.476 e. The van der Waals surface area contributed by atoms with E-state index in [9.17, 15) is 4.79 Å². The fourth-order valence-electron chi connectivity index (χ4n) is 1.66. The Labute approximate surface area is 109 Å². The van der Waals surface area contributed by atoms with E-state index in [0.717, 1.165) is 18.5 Å². The number of carbonyl (C=O) groups is 1. The van der Waals surface area contributed by atoms with Gasteiger partial charge in [0, 0.05) is 5.69 Å². The van der Waals surface area contributed by atoms with Crippen molar-refractivity contribution in [2.45, 2.75) is 19.8 Å². The molecule has 0 aliphatic rings. The number of carboxylic acid groups (broad SMARTS) is 1. The quantitative estimate of drug-likeness (QED) is 0.865. The van der Waals surface area contributed by atoms with Crippen molar-refractivity contribution in [1.29, 1.82) is 0 Å². The normalized spacial score (nSPS) is 10.3. The molecule has 0 spiro atoms. The molecule has 0 radical (unpaired) electrons. The monoisotopic (exact) mass is 262 g/mol. The van der Waals surface area contributed by atoms with Gasteiger partial charge in [-0.25, -0.2) is 9.78 Å². The number of anilines is 2. The Hall–Kier alpha value is -1.88. The van der Waals surface area contributed by atoms with Crippen LogP contribution in [0, 0.1) is 0 Å². The summed E-state index contributed by atoms with van der Waals surface area (Å²) in [7, 11) is 0. The average molecular weight is 262 g/mol. The molecule has 2 rings (SSSR count). The Bertz CT molecular complexity index is 534. The molecule has 1 aromatic carbocycles. The predicted octanol–water partition coefficient (Wildman–Crippen LogP) is 3.54. The van der Waals surface area contributed by atoms with Crippen molar-refractivity contribution in [3.8, 4) is 0 Å². The van der Waals surface area contributed by atoms with E-state index < -0.39 is 5.97 Å². The number of aromatic nitrogens is 1. The molecule has 94 valence electrons. The fourth-order valence-corrected chi connectivity index (χ4v) is 2.35. The maximum atomic E-state index is 10.9. The highest BCUT2D eigenvalue weighted by molar-refractivity contribution is 7.14. The SMILES string of the molecule is CCCc1ccc(Nc2scnc2C(=O)O)cc1. The van der Waals surface area contributed by atoms with Crippen LogP contribution in [0.2, 0.25) is 0 Å². The van der Waals surface area contributed by atoms with Gasteiger partial charge >= 0.3 is 5.97 Å². The molecule has 2 aromatic rings. The van der Waals surface area contributed by atoms with E-state index >= 15 is 0 Å². The third-order valence-corrected chi connectivity index (χ3v) is 3.26. The lowest BCUT2D eigenvalue weighted by Crippen LogP contribution is -2.01. The van der Waals surface area contributed by atoms with E-state index in [0.29, 0.717) is 5.00 Å². The minimum atomic E-state index is -1.01. The van der Waals surface area contributed by atoms with E-state index in [1.54, 1.807) is 0 Å². The minimum Gasteiger partial charge on any atom is -0.476 e. The van der Waals surface area contributed by atoms with Gasteiger partial charge in [0.25, 0.3) is 0 Å². The first-order valence-corrected chi connectivity index (χ1v) is 6.61. The Morgan fingerprint density at radius 2 is 2.11 bits per heavy atom. The van der Waals surface area contributed by atoms with Crippen molar-refractivity contribution in [2.24, 2.45) is 0 Å². The summed E-state index contributed by atoms with van der Waals surface area (Å²) >= 11 is 1.28. The third kappa shape index (κ3) is 2.87. The zero-order chi connectivity index (χ0) is 13.0. The zero-order valence-corrected chi connectivity index (χ0v) is 10.8. The standard InChI is InChI=1S/C13H14N2O2S/c1-2-3-9-4-6-10(7-5-9)15-12-11(13(16)17)14-8-18-12/h4-8,15H,2-3H2,1H3,(H,16,17). The van der Waals surface area contributed by atoms with Crippen molar-refractivity contribution in [3.05, 3.63) is 41.0 Å². The average Bonchev–Trinajstić information content (AvgIpc) is 2.80. The van der Waals surface area contributed by atoms with Gasteiger partial charge in [-0.05, 0) is 24.1 Å². The summed E-state index contributed by atoms with van der Waals surface area (Å²) in [5.74, 6) is -1.01. The summed E-state index contributed by atoms with van der Waals surface area (Å²) in [6.07, 6.45) is 2.17. The maximum Gasteiger partial charge on any atom is 0.357 e. The van der Waals surface area contributed by atoms with Crippen LogP contribution in [0.25, 0.3) is 0 Å². The molecule has 0 atom stereocenters. The van der Waals surface area contributed by atoms with Gasteiger partial charge in [-0.1, -0.05) is 25.5 Å². The Balaban J connectivity index is 2.13. The topological polar surface area (TPSA) is 62.2 Å². The van der Waals surface area contributed by atoms with Crippen LogP contribution in [-0.2, 0) is 6.42 Å². The van der Waals surface area contributed by atoms with E-state index in [-0.39, 0.29) is 5.69 Å². The van der Waals surface area contributed by atoms with Crippen LogP contribution in [0.3, 0.4) is 0 Å². The molecular formula is C13H14N2O2S. The van der Waals surface area contributed by atoms with Gasteiger partial charge in [0.1, 0.15) is 5.00 Å². The molecule has 0 bridgehead atoms. The number of benzene rings is 1. The molecule has 2 N–H and O–H groups in total. The second-order valence-corrected chi connectivity index (χ2v) is 4.76. The molecule has 0 fully saturated rings. The van der Waals surface area contributed by atoms with Crippen molar-refractivity contribution in [1.82, 2.24) is 4.98 Å². The smallest absolute Gasteiger partial charge is 0.357 e.